The van der Waals surface area contributed by atoms with Crippen molar-refractivity contribution in [3.63, 3.8) is 0 Å². The number of unbranched alkanes of at least 4 members (excludes halogenated alkanes) is 1. The Balaban J connectivity index is 1.76. The molecular formula is C24H27N3OS2. The van der Waals surface area contributed by atoms with Gasteiger partial charge in [-0.15, -0.1) is 0 Å². The van der Waals surface area contributed by atoms with Crippen molar-refractivity contribution in [2.45, 2.75) is 45.4 Å². The van der Waals surface area contributed by atoms with Crippen molar-refractivity contribution in [1.29, 1.82) is 0 Å². The normalized spacial score (nSPS) is 19.9. The Morgan fingerprint density at radius 3 is 2.57 bits per heavy atom. The third-order valence-electron chi connectivity index (χ3n) is 5.30. The molecule has 4 rings (SSSR count). The van der Waals surface area contributed by atoms with E-state index < -0.39 is 0 Å². The first-order chi connectivity index (χ1) is 14.5. The molecule has 0 saturated carbocycles. The Kier molecular flexibility index (Phi) is 6.25. The summed E-state index contributed by atoms with van der Waals surface area (Å²) in [6.07, 6.45) is 2.00. The number of rotatable bonds is 5. The quantitative estimate of drug-likeness (QED) is 0.502. The molecule has 4 nitrogen and oxygen atoms in total. The number of carbonyl (C=O) groups is 1. The van der Waals surface area contributed by atoms with Gasteiger partial charge in [-0.3, -0.25) is 9.69 Å². The van der Waals surface area contributed by atoms with Gasteiger partial charge in [0.05, 0.1) is 11.4 Å². The molecule has 2 aromatic rings. The second kappa shape index (κ2) is 8.90. The Morgan fingerprint density at radius 1 is 1.00 bits per heavy atom. The maximum atomic E-state index is 13.5. The molecule has 0 aromatic heterocycles. The minimum absolute atomic E-state index is 0.0752. The number of thioether (sulfide) groups is 2. The standard InChI is InChI=1S/C24H27N3OS2/c1-5-7-14-27-22(28)21(23-26(6-2)19-10-8-9-11-20(19)29-23)30-24(27)25-18-15-16(3)12-13-17(18)4/h8-13,15H,5-7,14H2,1-4H3/b23-21-,25-24?. The maximum Gasteiger partial charge on any atom is 0.269 e. The summed E-state index contributed by atoms with van der Waals surface area (Å²) in [5.41, 5.74) is 4.41. The van der Waals surface area contributed by atoms with E-state index in [1.165, 1.54) is 27.9 Å². The largest absolute Gasteiger partial charge is 0.334 e. The van der Waals surface area contributed by atoms with Crippen LogP contribution in [0.5, 0.6) is 0 Å². The predicted molar refractivity (Wildman–Crippen MR) is 130 cm³/mol. The minimum atomic E-state index is 0.0752. The number of nitrogens with zero attached hydrogens (tertiary/aromatic N) is 3. The van der Waals surface area contributed by atoms with Gasteiger partial charge in [0, 0.05) is 18.0 Å². The van der Waals surface area contributed by atoms with E-state index in [2.05, 4.69) is 75.1 Å². The molecular weight excluding hydrogens is 410 g/mol. The molecule has 0 N–H and O–H groups in total. The summed E-state index contributed by atoms with van der Waals surface area (Å²) < 4.78 is 0. The average Bonchev–Trinajstić information content (AvgIpc) is 3.26. The molecule has 6 heteroatoms. The van der Waals surface area contributed by atoms with Crippen molar-refractivity contribution in [1.82, 2.24) is 4.90 Å². The minimum Gasteiger partial charge on any atom is -0.334 e. The zero-order valence-electron chi connectivity index (χ0n) is 17.9. The summed E-state index contributed by atoms with van der Waals surface area (Å²) >= 11 is 3.21. The van der Waals surface area contributed by atoms with E-state index >= 15 is 0 Å². The van der Waals surface area contributed by atoms with Crippen LogP contribution < -0.4 is 4.90 Å². The van der Waals surface area contributed by atoms with Gasteiger partial charge in [0.2, 0.25) is 0 Å². The van der Waals surface area contributed by atoms with Gasteiger partial charge < -0.3 is 4.90 Å². The first-order valence-corrected chi connectivity index (χ1v) is 12.1. The van der Waals surface area contributed by atoms with Crippen molar-refractivity contribution >= 4 is 46.0 Å². The molecule has 2 aliphatic heterocycles. The Labute approximate surface area is 187 Å². The number of hydrogen-bond donors (Lipinski definition) is 0. The number of fused-ring (bicyclic) bond motifs is 1. The highest BCUT2D eigenvalue weighted by Crippen LogP contribution is 2.50. The summed E-state index contributed by atoms with van der Waals surface area (Å²) in [7, 11) is 0. The maximum absolute atomic E-state index is 13.5. The molecule has 2 aromatic carbocycles. The van der Waals surface area contributed by atoms with Crippen LogP contribution in [0.25, 0.3) is 0 Å². The molecule has 0 aliphatic carbocycles. The van der Waals surface area contributed by atoms with E-state index in [1.807, 2.05) is 4.90 Å². The Morgan fingerprint density at radius 2 is 1.80 bits per heavy atom. The van der Waals surface area contributed by atoms with Gasteiger partial charge in [-0.1, -0.05) is 49.4 Å². The zero-order valence-corrected chi connectivity index (χ0v) is 19.6. The molecule has 2 aliphatic rings. The van der Waals surface area contributed by atoms with Crippen LogP contribution in [-0.4, -0.2) is 29.1 Å². The first-order valence-electron chi connectivity index (χ1n) is 10.5. The smallest absolute Gasteiger partial charge is 0.269 e. The first kappa shape index (κ1) is 21.1. The molecule has 30 heavy (non-hydrogen) atoms. The SMILES string of the molecule is CCCCN1C(=O)/C(=C2/Sc3ccccc3N2CC)SC1=Nc1cc(C)ccc1C. The number of aliphatic imine (C=N–C) groups is 1. The molecule has 0 unspecified atom stereocenters. The summed E-state index contributed by atoms with van der Waals surface area (Å²) in [4.78, 5) is 24.6. The molecule has 1 fully saturated rings. The van der Waals surface area contributed by atoms with Gasteiger partial charge >= 0.3 is 0 Å². The molecule has 0 radical (unpaired) electrons. The van der Waals surface area contributed by atoms with E-state index in [1.54, 1.807) is 11.8 Å². The average molecular weight is 438 g/mol. The lowest BCUT2D eigenvalue weighted by molar-refractivity contribution is -0.122. The number of anilines is 1. The van der Waals surface area contributed by atoms with E-state index in [4.69, 9.17) is 4.99 Å². The molecule has 0 atom stereocenters. The third kappa shape index (κ3) is 3.91. The monoisotopic (exact) mass is 437 g/mol. The van der Waals surface area contributed by atoms with Crippen molar-refractivity contribution < 1.29 is 4.79 Å². The number of benzene rings is 2. The zero-order chi connectivity index (χ0) is 21.3. The van der Waals surface area contributed by atoms with Crippen LogP contribution in [0.1, 0.15) is 37.8 Å². The van der Waals surface area contributed by atoms with Crippen LogP contribution in [0, 0.1) is 13.8 Å². The number of amides is 1. The van der Waals surface area contributed by atoms with Crippen LogP contribution in [0.3, 0.4) is 0 Å². The molecule has 1 amide bonds. The van der Waals surface area contributed by atoms with Gasteiger partial charge in [0.1, 0.15) is 9.93 Å². The van der Waals surface area contributed by atoms with Crippen molar-refractivity contribution in [3.8, 4) is 0 Å². The molecule has 1 saturated heterocycles. The fourth-order valence-corrected chi connectivity index (χ4v) is 6.00. The summed E-state index contributed by atoms with van der Waals surface area (Å²) in [6, 6.07) is 14.6. The summed E-state index contributed by atoms with van der Waals surface area (Å²) in [5, 5.41) is 1.82. The topological polar surface area (TPSA) is 35.9 Å². The van der Waals surface area contributed by atoms with Gasteiger partial charge in [-0.05, 0) is 68.3 Å². The Bertz CT molecular complexity index is 1040. The van der Waals surface area contributed by atoms with Crippen LogP contribution in [0.2, 0.25) is 0 Å². The third-order valence-corrected chi connectivity index (χ3v) is 7.68. The number of aryl methyl sites for hydroxylation is 2. The van der Waals surface area contributed by atoms with Gasteiger partial charge in [-0.2, -0.15) is 0 Å². The predicted octanol–water partition coefficient (Wildman–Crippen LogP) is 6.47. The second-order valence-corrected chi connectivity index (χ2v) is 9.55. The van der Waals surface area contributed by atoms with Gasteiger partial charge in [-0.25, -0.2) is 4.99 Å². The molecule has 0 spiro atoms. The summed E-state index contributed by atoms with van der Waals surface area (Å²) in [6.45, 7) is 9.95. The van der Waals surface area contributed by atoms with Crippen LogP contribution in [0.4, 0.5) is 11.4 Å². The van der Waals surface area contributed by atoms with E-state index in [9.17, 15) is 4.79 Å². The van der Waals surface area contributed by atoms with E-state index in [0.29, 0.717) is 6.54 Å². The van der Waals surface area contributed by atoms with Gasteiger partial charge in [0.25, 0.3) is 5.91 Å². The number of amidine groups is 1. The lowest BCUT2D eigenvalue weighted by Gasteiger charge is -2.19. The van der Waals surface area contributed by atoms with Crippen LogP contribution >= 0.6 is 23.5 Å². The highest BCUT2D eigenvalue weighted by atomic mass is 32.2. The van der Waals surface area contributed by atoms with Crippen LogP contribution in [-0.2, 0) is 4.79 Å². The number of para-hydroxylation sites is 1. The van der Waals surface area contributed by atoms with E-state index in [-0.39, 0.29) is 5.91 Å². The highest BCUT2D eigenvalue weighted by molar-refractivity contribution is 8.19. The second-order valence-electron chi connectivity index (χ2n) is 7.55. The van der Waals surface area contributed by atoms with E-state index in [0.717, 1.165) is 45.7 Å². The Hall–Kier alpha value is -2.18. The van der Waals surface area contributed by atoms with Crippen molar-refractivity contribution in [3.05, 3.63) is 63.5 Å². The van der Waals surface area contributed by atoms with Crippen molar-refractivity contribution in [2.75, 3.05) is 18.0 Å². The van der Waals surface area contributed by atoms with Gasteiger partial charge in [0.15, 0.2) is 5.17 Å². The molecule has 2 heterocycles. The molecule has 156 valence electrons. The fraction of sp³-hybridized carbons (Fsp3) is 0.333. The summed E-state index contributed by atoms with van der Waals surface area (Å²) in [5.74, 6) is 0.0752. The van der Waals surface area contributed by atoms with Crippen LogP contribution in [0.15, 0.2) is 62.3 Å². The number of carbonyl (C=O) groups excluding carboxylic acids is 1. The fourth-order valence-electron chi connectivity index (χ4n) is 3.59. The van der Waals surface area contributed by atoms with Crippen molar-refractivity contribution in [2.24, 2.45) is 4.99 Å². The number of hydrogen-bond acceptors (Lipinski definition) is 5. The molecule has 0 bridgehead atoms. The highest BCUT2D eigenvalue weighted by Gasteiger charge is 2.39. The lowest BCUT2D eigenvalue weighted by Crippen LogP contribution is -2.30. The lowest BCUT2D eigenvalue weighted by atomic mass is 10.1.